The number of ketones is 1. The van der Waals surface area contributed by atoms with Gasteiger partial charge in [0.25, 0.3) is 0 Å². The first-order valence-corrected chi connectivity index (χ1v) is 8.75. The van der Waals surface area contributed by atoms with E-state index in [2.05, 4.69) is 0 Å². The Morgan fingerprint density at radius 3 is 2.59 bits per heavy atom. The van der Waals surface area contributed by atoms with Crippen LogP contribution in [0.5, 0.6) is 17.2 Å². The lowest BCUT2D eigenvalue weighted by atomic mass is 10.1. The van der Waals surface area contributed by atoms with Gasteiger partial charge < -0.3 is 14.2 Å². The first kappa shape index (κ1) is 18.4. The number of allylic oxidation sites excluding steroid dienone is 1. The van der Waals surface area contributed by atoms with Crippen LogP contribution in [0.25, 0.3) is 6.08 Å². The maximum absolute atomic E-state index is 13.9. The van der Waals surface area contributed by atoms with Crippen molar-refractivity contribution in [1.82, 2.24) is 0 Å². The molecule has 3 aromatic rings. The molecule has 0 fully saturated rings. The summed E-state index contributed by atoms with van der Waals surface area (Å²) in [4.78, 5) is 24.9. The number of hydrogen-bond donors (Lipinski definition) is 0. The van der Waals surface area contributed by atoms with Crippen LogP contribution >= 0.6 is 0 Å². The third kappa shape index (κ3) is 3.60. The van der Waals surface area contributed by atoms with Gasteiger partial charge in [0, 0.05) is 11.6 Å². The first-order valence-electron chi connectivity index (χ1n) is 8.75. The Morgan fingerprint density at radius 1 is 1.03 bits per heavy atom. The highest BCUT2D eigenvalue weighted by molar-refractivity contribution is 6.14. The highest BCUT2D eigenvalue weighted by atomic mass is 19.1. The summed E-state index contributed by atoms with van der Waals surface area (Å²) in [6.07, 6.45) is 1.35. The molecule has 5 nitrogen and oxygen atoms in total. The lowest BCUT2D eigenvalue weighted by molar-refractivity contribution is 0.0731. The number of carbonyl (C=O) groups excluding carboxylic acids is 2. The Bertz CT molecular complexity index is 1150. The summed E-state index contributed by atoms with van der Waals surface area (Å²) in [6, 6.07) is 17.2. The van der Waals surface area contributed by atoms with Crippen molar-refractivity contribution in [3.05, 3.63) is 95.0 Å². The van der Waals surface area contributed by atoms with Crippen molar-refractivity contribution in [3.63, 3.8) is 0 Å². The van der Waals surface area contributed by atoms with E-state index in [4.69, 9.17) is 14.2 Å². The van der Waals surface area contributed by atoms with Crippen molar-refractivity contribution in [1.29, 1.82) is 0 Å². The van der Waals surface area contributed by atoms with Crippen LogP contribution in [0.3, 0.4) is 0 Å². The lowest BCUT2D eigenvalue weighted by Crippen LogP contribution is -2.10. The highest BCUT2D eigenvalue weighted by Crippen LogP contribution is 2.35. The minimum atomic E-state index is -0.603. The zero-order valence-electron chi connectivity index (χ0n) is 15.3. The normalized spacial score (nSPS) is 13.7. The fraction of sp³-hybridized carbons (Fsp3) is 0.0435. The molecule has 1 heterocycles. The third-order valence-electron chi connectivity index (χ3n) is 4.37. The van der Waals surface area contributed by atoms with Crippen molar-refractivity contribution in [3.8, 4) is 17.2 Å². The Labute approximate surface area is 166 Å². The Balaban J connectivity index is 1.58. The number of para-hydroxylation sites is 1. The average Bonchev–Trinajstić information content (AvgIpc) is 3.04. The average molecular weight is 390 g/mol. The Hall–Kier alpha value is -3.93. The second kappa shape index (κ2) is 7.59. The number of halogens is 1. The lowest BCUT2D eigenvalue weighted by Gasteiger charge is -2.08. The van der Waals surface area contributed by atoms with E-state index in [1.165, 1.54) is 37.5 Å². The van der Waals surface area contributed by atoms with Crippen molar-refractivity contribution >= 4 is 17.8 Å². The van der Waals surface area contributed by atoms with Gasteiger partial charge >= 0.3 is 5.97 Å². The molecule has 0 spiro atoms. The molecule has 0 N–H and O–H groups in total. The summed E-state index contributed by atoms with van der Waals surface area (Å²) in [5.41, 5.74) is 0.823. The van der Waals surface area contributed by atoms with Gasteiger partial charge in [0.15, 0.2) is 5.76 Å². The molecule has 144 valence electrons. The van der Waals surface area contributed by atoms with Crippen molar-refractivity contribution in [2.45, 2.75) is 0 Å². The Morgan fingerprint density at radius 2 is 1.79 bits per heavy atom. The van der Waals surface area contributed by atoms with E-state index in [0.717, 1.165) is 0 Å². The van der Waals surface area contributed by atoms with Crippen molar-refractivity contribution in [2.24, 2.45) is 0 Å². The van der Waals surface area contributed by atoms with Crippen molar-refractivity contribution < 1.29 is 28.2 Å². The van der Waals surface area contributed by atoms with E-state index in [1.807, 2.05) is 0 Å². The minimum absolute atomic E-state index is 0.00157. The fourth-order valence-electron chi connectivity index (χ4n) is 2.94. The molecule has 0 unspecified atom stereocenters. The fourth-order valence-corrected chi connectivity index (χ4v) is 2.94. The number of rotatable bonds is 4. The molecule has 0 aliphatic carbocycles. The van der Waals surface area contributed by atoms with E-state index in [-0.39, 0.29) is 34.2 Å². The topological polar surface area (TPSA) is 61.8 Å². The summed E-state index contributed by atoms with van der Waals surface area (Å²) in [5.74, 6) is -0.598. The predicted octanol–water partition coefficient (Wildman–Crippen LogP) is 4.67. The SMILES string of the molecule is COc1ccccc1C(=O)Oc1ccc2c(c1)O/C(=C\c1ccccc1F)C2=O. The quantitative estimate of drug-likeness (QED) is 0.368. The number of benzene rings is 3. The number of methoxy groups -OCH3 is 1. The number of Topliss-reactive ketones (excluding diaryl/α,β-unsaturated/α-hetero) is 1. The predicted molar refractivity (Wildman–Crippen MR) is 104 cm³/mol. The molecular formula is C23H15FO5. The minimum Gasteiger partial charge on any atom is -0.496 e. The highest BCUT2D eigenvalue weighted by Gasteiger charge is 2.28. The van der Waals surface area contributed by atoms with Crippen LogP contribution in [-0.4, -0.2) is 18.9 Å². The van der Waals surface area contributed by atoms with Crippen LogP contribution in [0.2, 0.25) is 0 Å². The maximum atomic E-state index is 13.9. The Kier molecular flexibility index (Phi) is 4.83. The van der Waals surface area contributed by atoms with Gasteiger partial charge in [0.1, 0.15) is 28.6 Å². The number of carbonyl (C=O) groups is 2. The molecule has 3 aromatic carbocycles. The second-order valence-electron chi connectivity index (χ2n) is 6.21. The molecular weight excluding hydrogens is 375 g/mol. The first-order chi connectivity index (χ1) is 14.1. The molecule has 1 aliphatic heterocycles. The smallest absolute Gasteiger partial charge is 0.347 e. The molecule has 0 bridgehead atoms. The second-order valence-corrected chi connectivity index (χ2v) is 6.21. The van der Waals surface area contributed by atoms with Gasteiger partial charge in [-0.15, -0.1) is 0 Å². The molecule has 29 heavy (non-hydrogen) atoms. The maximum Gasteiger partial charge on any atom is 0.347 e. The molecule has 4 rings (SSSR count). The standard InChI is InChI=1S/C23H15FO5/c1-27-19-9-5-3-7-17(19)23(26)28-15-10-11-16-20(13-15)29-21(22(16)25)12-14-6-2-4-8-18(14)24/h2-13H,1H3/b21-12-. The van der Waals surface area contributed by atoms with Crippen LogP contribution < -0.4 is 14.2 Å². The molecule has 0 atom stereocenters. The zero-order valence-corrected chi connectivity index (χ0v) is 15.3. The van der Waals surface area contributed by atoms with Gasteiger partial charge in [0.2, 0.25) is 5.78 Å². The van der Waals surface area contributed by atoms with Crippen LogP contribution in [0, 0.1) is 5.82 Å². The molecule has 1 aliphatic rings. The summed E-state index contributed by atoms with van der Waals surface area (Å²) in [5, 5.41) is 0. The van der Waals surface area contributed by atoms with E-state index < -0.39 is 11.8 Å². The number of ether oxygens (including phenoxy) is 3. The number of fused-ring (bicyclic) bond motifs is 1. The summed E-state index contributed by atoms with van der Waals surface area (Å²) in [7, 11) is 1.46. The number of esters is 1. The van der Waals surface area contributed by atoms with Gasteiger partial charge in [-0.05, 0) is 36.4 Å². The molecule has 0 aromatic heterocycles. The van der Waals surface area contributed by atoms with Crippen LogP contribution in [0.4, 0.5) is 4.39 Å². The molecule has 0 saturated carbocycles. The molecule has 6 heteroatoms. The van der Waals surface area contributed by atoms with Gasteiger partial charge in [-0.1, -0.05) is 30.3 Å². The van der Waals surface area contributed by atoms with E-state index >= 15 is 0 Å². The largest absolute Gasteiger partial charge is 0.496 e. The molecule has 0 saturated heterocycles. The van der Waals surface area contributed by atoms with Gasteiger partial charge in [-0.2, -0.15) is 0 Å². The van der Waals surface area contributed by atoms with E-state index in [9.17, 15) is 14.0 Å². The molecule has 0 radical (unpaired) electrons. The summed E-state index contributed by atoms with van der Waals surface area (Å²) < 4.78 is 30.0. The summed E-state index contributed by atoms with van der Waals surface area (Å²) >= 11 is 0. The van der Waals surface area contributed by atoms with Crippen molar-refractivity contribution in [2.75, 3.05) is 7.11 Å². The van der Waals surface area contributed by atoms with Gasteiger partial charge in [0.05, 0.1) is 12.7 Å². The van der Waals surface area contributed by atoms with E-state index in [1.54, 1.807) is 42.5 Å². The summed E-state index contributed by atoms with van der Waals surface area (Å²) in [6.45, 7) is 0. The molecule has 0 amide bonds. The van der Waals surface area contributed by atoms with E-state index in [0.29, 0.717) is 11.3 Å². The van der Waals surface area contributed by atoms with Crippen LogP contribution in [-0.2, 0) is 0 Å². The zero-order chi connectivity index (χ0) is 20.4. The third-order valence-corrected chi connectivity index (χ3v) is 4.37. The van der Waals surface area contributed by atoms with Crippen LogP contribution in [0.15, 0.2) is 72.5 Å². The van der Waals surface area contributed by atoms with Gasteiger partial charge in [-0.25, -0.2) is 9.18 Å². The number of hydrogen-bond acceptors (Lipinski definition) is 5. The van der Waals surface area contributed by atoms with Crippen LogP contribution in [0.1, 0.15) is 26.3 Å². The monoisotopic (exact) mass is 390 g/mol. The van der Waals surface area contributed by atoms with Gasteiger partial charge in [-0.3, -0.25) is 4.79 Å².